The smallest absolute Gasteiger partial charge is 0.138 e. The zero-order chi connectivity index (χ0) is 12.8. The molecule has 4 aromatic rings. The van der Waals surface area contributed by atoms with Gasteiger partial charge in [0.25, 0.3) is 0 Å². The van der Waals surface area contributed by atoms with E-state index >= 15 is 0 Å². The monoisotopic (exact) mass is 269 g/mol. The third kappa shape index (κ3) is 1.62. The zero-order valence-electron chi connectivity index (χ0n) is 9.72. The summed E-state index contributed by atoms with van der Waals surface area (Å²) >= 11 is 1.61. The Kier molecular flexibility index (Phi) is 2.16. The number of nitrogens with zero attached hydrogens (tertiary/aromatic N) is 2. The number of aromatic nitrogens is 3. The number of hydrogen-bond donors (Lipinski definition) is 1. The minimum absolute atomic E-state index is 0.248. The first-order valence-electron chi connectivity index (χ1n) is 5.78. The van der Waals surface area contributed by atoms with Crippen LogP contribution in [0.5, 0.6) is 0 Å². The summed E-state index contributed by atoms with van der Waals surface area (Å²) in [5.41, 5.74) is 3.63. The summed E-state index contributed by atoms with van der Waals surface area (Å²) in [6.07, 6.45) is 1.76. The maximum atomic E-state index is 12.9. The summed E-state index contributed by atoms with van der Waals surface area (Å²) in [6.45, 7) is 0. The Morgan fingerprint density at radius 2 is 1.89 bits per heavy atom. The molecule has 0 amide bonds. The summed E-state index contributed by atoms with van der Waals surface area (Å²) < 4.78 is 12.9. The summed E-state index contributed by atoms with van der Waals surface area (Å²) in [7, 11) is 0. The van der Waals surface area contributed by atoms with E-state index in [9.17, 15) is 4.39 Å². The van der Waals surface area contributed by atoms with Crippen molar-refractivity contribution in [1.82, 2.24) is 15.0 Å². The third-order valence-electron chi connectivity index (χ3n) is 3.09. The van der Waals surface area contributed by atoms with Gasteiger partial charge < -0.3 is 4.98 Å². The Balaban J connectivity index is 1.98. The fourth-order valence-corrected chi connectivity index (χ4v) is 2.90. The second kappa shape index (κ2) is 3.86. The number of thiophene rings is 1. The molecule has 1 N–H and O–H groups in total. The Labute approximate surface area is 111 Å². The standard InChI is InChI=1S/C14H8FN3S/c15-9-3-1-8(2-4-9)14-17-11-5-16-12-7-19-6-10(12)13(11)18-14/h1-7H,(H,17,18). The minimum Gasteiger partial charge on any atom is -0.337 e. The molecule has 0 aliphatic heterocycles. The molecule has 92 valence electrons. The van der Waals surface area contributed by atoms with E-state index in [4.69, 9.17) is 0 Å². The van der Waals surface area contributed by atoms with E-state index < -0.39 is 0 Å². The average molecular weight is 269 g/mol. The molecule has 0 saturated carbocycles. The first-order valence-corrected chi connectivity index (χ1v) is 6.72. The fraction of sp³-hybridized carbons (Fsp3) is 0. The highest BCUT2D eigenvalue weighted by atomic mass is 32.1. The normalized spacial score (nSPS) is 11.4. The van der Waals surface area contributed by atoms with Gasteiger partial charge in [0.15, 0.2) is 0 Å². The van der Waals surface area contributed by atoms with Gasteiger partial charge in [-0.1, -0.05) is 0 Å². The molecule has 19 heavy (non-hydrogen) atoms. The van der Waals surface area contributed by atoms with Crippen LogP contribution >= 0.6 is 11.3 Å². The van der Waals surface area contributed by atoms with Crippen molar-refractivity contribution in [2.24, 2.45) is 0 Å². The number of aromatic amines is 1. The predicted octanol–water partition coefficient (Wildman–Crippen LogP) is 3.98. The summed E-state index contributed by atoms with van der Waals surface area (Å²) in [5.74, 6) is 0.484. The molecule has 1 aromatic carbocycles. The number of rotatable bonds is 1. The molecule has 4 rings (SSSR count). The van der Waals surface area contributed by atoms with E-state index in [-0.39, 0.29) is 5.82 Å². The lowest BCUT2D eigenvalue weighted by atomic mass is 10.2. The van der Waals surface area contributed by atoms with Crippen molar-refractivity contribution in [3.63, 3.8) is 0 Å². The Hall–Kier alpha value is -2.27. The van der Waals surface area contributed by atoms with Crippen LogP contribution in [-0.4, -0.2) is 15.0 Å². The van der Waals surface area contributed by atoms with E-state index in [1.54, 1.807) is 29.7 Å². The molecule has 0 radical (unpaired) electrons. The SMILES string of the molecule is Fc1ccc(-c2nc3cnc4cscc4c3[nH]2)cc1. The van der Waals surface area contributed by atoms with E-state index in [1.807, 2.05) is 5.38 Å². The molecule has 0 fully saturated rings. The summed E-state index contributed by atoms with van der Waals surface area (Å²) in [6, 6.07) is 6.29. The molecule has 3 aromatic heterocycles. The molecule has 3 nitrogen and oxygen atoms in total. The number of H-pyrrole nitrogens is 1. The highest BCUT2D eigenvalue weighted by Gasteiger charge is 2.09. The molecule has 3 heterocycles. The average Bonchev–Trinajstić information content (AvgIpc) is 3.04. The van der Waals surface area contributed by atoms with Crippen LogP contribution in [0.15, 0.2) is 41.2 Å². The van der Waals surface area contributed by atoms with Crippen molar-refractivity contribution in [2.75, 3.05) is 0 Å². The number of fused-ring (bicyclic) bond motifs is 3. The molecule has 0 atom stereocenters. The summed E-state index contributed by atoms with van der Waals surface area (Å²) in [4.78, 5) is 12.2. The summed E-state index contributed by atoms with van der Waals surface area (Å²) in [5, 5.41) is 5.13. The van der Waals surface area contributed by atoms with Gasteiger partial charge in [-0.15, -0.1) is 11.3 Å². The Morgan fingerprint density at radius 1 is 1.05 bits per heavy atom. The first kappa shape index (κ1) is 10.6. The Morgan fingerprint density at radius 3 is 2.74 bits per heavy atom. The molecular weight excluding hydrogens is 261 g/mol. The van der Waals surface area contributed by atoms with E-state index in [2.05, 4.69) is 20.3 Å². The van der Waals surface area contributed by atoms with Gasteiger partial charge >= 0.3 is 0 Å². The van der Waals surface area contributed by atoms with Gasteiger partial charge in [-0.05, 0) is 24.3 Å². The third-order valence-corrected chi connectivity index (χ3v) is 3.82. The quantitative estimate of drug-likeness (QED) is 0.568. The van der Waals surface area contributed by atoms with Gasteiger partial charge in [-0.3, -0.25) is 4.98 Å². The van der Waals surface area contributed by atoms with Crippen LogP contribution in [0.1, 0.15) is 0 Å². The largest absolute Gasteiger partial charge is 0.337 e. The van der Waals surface area contributed by atoms with Crippen molar-refractivity contribution >= 4 is 33.3 Å². The topological polar surface area (TPSA) is 41.6 Å². The van der Waals surface area contributed by atoms with Gasteiger partial charge in [0.05, 0.1) is 17.2 Å². The molecular formula is C14H8FN3S. The number of imidazole rings is 1. The molecule has 0 unspecified atom stereocenters. The second-order valence-electron chi connectivity index (χ2n) is 4.28. The van der Waals surface area contributed by atoms with Gasteiger partial charge in [-0.2, -0.15) is 0 Å². The fourth-order valence-electron chi connectivity index (χ4n) is 2.14. The minimum atomic E-state index is -0.248. The van der Waals surface area contributed by atoms with Crippen LogP contribution in [0.2, 0.25) is 0 Å². The molecule has 0 spiro atoms. The van der Waals surface area contributed by atoms with Crippen LogP contribution in [0.25, 0.3) is 33.3 Å². The maximum Gasteiger partial charge on any atom is 0.138 e. The molecule has 0 aliphatic carbocycles. The lowest BCUT2D eigenvalue weighted by molar-refractivity contribution is 0.628. The maximum absolute atomic E-state index is 12.9. The predicted molar refractivity (Wildman–Crippen MR) is 74.7 cm³/mol. The van der Waals surface area contributed by atoms with Gasteiger partial charge in [0, 0.05) is 21.7 Å². The number of hydrogen-bond acceptors (Lipinski definition) is 3. The van der Waals surface area contributed by atoms with Crippen LogP contribution in [0, 0.1) is 5.82 Å². The van der Waals surface area contributed by atoms with Gasteiger partial charge in [0.1, 0.15) is 17.2 Å². The van der Waals surface area contributed by atoms with Crippen LogP contribution in [0.4, 0.5) is 4.39 Å². The highest BCUT2D eigenvalue weighted by molar-refractivity contribution is 7.09. The molecule has 0 saturated heterocycles. The van der Waals surface area contributed by atoms with Gasteiger partial charge in [-0.25, -0.2) is 9.37 Å². The van der Waals surface area contributed by atoms with Crippen LogP contribution < -0.4 is 0 Å². The van der Waals surface area contributed by atoms with Crippen molar-refractivity contribution < 1.29 is 4.39 Å². The van der Waals surface area contributed by atoms with E-state index in [0.717, 1.165) is 33.3 Å². The second-order valence-corrected chi connectivity index (χ2v) is 5.03. The van der Waals surface area contributed by atoms with E-state index in [0.29, 0.717) is 0 Å². The molecule has 0 aliphatic rings. The highest BCUT2D eigenvalue weighted by Crippen LogP contribution is 2.27. The zero-order valence-corrected chi connectivity index (χ0v) is 10.5. The molecule has 0 bridgehead atoms. The van der Waals surface area contributed by atoms with Crippen molar-refractivity contribution in [1.29, 1.82) is 0 Å². The number of pyridine rings is 1. The van der Waals surface area contributed by atoms with Gasteiger partial charge in [0.2, 0.25) is 0 Å². The number of nitrogens with one attached hydrogen (secondary N) is 1. The number of benzene rings is 1. The van der Waals surface area contributed by atoms with Crippen molar-refractivity contribution in [2.45, 2.75) is 0 Å². The van der Waals surface area contributed by atoms with Crippen molar-refractivity contribution in [3.8, 4) is 11.4 Å². The van der Waals surface area contributed by atoms with Crippen LogP contribution in [-0.2, 0) is 0 Å². The van der Waals surface area contributed by atoms with Crippen LogP contribution in [0.3, 0.4) is 0 Å². The lowest BCUT2D eigenvalue weighted by Gasteiger charge is -1.95. The lowest BCUT2D eigenvalue weighted by Crippen LogP contribution is -1.80. The molecule has 5 heteroatoms. The van der Waals surface area contributed by atoms with Crippen molar-refractivity contribution in [3.05, 3.63) is 47.0 Å². The van der Waals surface area contributed by atoms with E-state index in [1.165, 1.54) is 12.1 Å². The first-order chi connectivity index (χ1) is 9.31. The Bertz CT molecular complexity index is 877. The number of halogens is 1.